The predicted molar refractivity (Wildman–Crippen MR) is 80.9 cm³/mol. The smallest absolute Gasteiger partial charge is 0.356 e. The molecule has 5 nitrogen and oxygen atoms in total. The van der Waals surface area contributed by atoms with Gasteiger partial charge in [0.05, 0.1) is 29.7 Å². The number of aromatic nitrogens is 1. The van der Waals surface area contributed by atoms with Gasteiger partial charge >= 0.3 is 5.97 Å². The molecule has 0 saturated heterocycles. The van der Waals surface area contributed by atoms with Crippen LogP contribution in [0.3, 0.4) is 0 Å². The Morgan fingerprint density at radius 1 is 1.24 bits per heavy atom. The minimum Gasteiger partial charge on any atom is -0.476 e. The van der Waals surface area contributed by atoms with Crippen molar-refractivity contribution in [1.29, 1.82) is 0 Å². The fraction of sp³-hybridized carbons (Fsp3) is 0.333. The molecule has 6 heteroatoms. The van der Waals surface area contributed by atoms with Crippen molar-refractivity contribution < 1.29 is 19.4 Å². The van der Waals surface area contributed by atoms with E-state index in [1.165, 1.54) is 11.3 Å². The van der Waals surface area contributed by atoms with Crippen LogP contribution in [-0.4, -0.2) is 43.0 Å². The van der Waals surface area contributed by atoms with Crippen LogP contribution in [0, 0.1) is 0 Å². The number of benzene rings is 1. The van der Waals surface area contributed by atoms with Crippen molar-refractivity contribution in [2.45, 2.75) is 6.42 Å². The third-order valence-corrected chi connectivity index (χ3v) is 3.97. The van der Waals surface area contributed by atoms with E-state index < -0.39 is 5.97 Å². The van der Waals surface area contributed by atoms with Crippen LogP contribution in [0.15, 0.2) is 30.3 Å². The Hall–Kier alpha value is -1.76. The first-order valence-electron chi connectivity index (χ1n) is 6.57. The topological polar surface area (TPSA) is 68.7 Å². The molecule has 0 aliphatic carbocycles. The van der Waals surface area contributed by atoms with Crippen LogP contribution in [0.5, 0.6) is 0 Å². The number of ether oxygens (including phenoxy) is 2. The number of thiazole rings is 1. The maximum Gasteiger partial charge on any atom is 0.356 e. The summed E-state index contributed by atoms with van der Waals surface area (Å²) in [6.07, 6.45) is 0.599. The molecule has 21 heavy (non-hydrogen) atoms. The number of hydrogen-bond donors (Lipinski definition) is 1. The largest absolute Gasteiger partial charge is 0.476 e. The van der Waals surface area contributed by atoms with Crippen LogP contribution in [-0.2, 0) is 15.9 Å². The first-order chi connectivity index (χ1) is 10.2. The summed E-state index contributed by atoms with van der Waals surface area (Å²) in [5.74, 6) is -1.00. The number of methoxy groups -OCH3 is 1. The molecule has 0 spiro atoms. The van der Waals surface area contributed by atoms with Gasteiger partial charge in [-0.1, -0.05) is 30.3 Å². The molecule has 0 aliphatic heterocycles. The minimum absolute atomic E-state index is 0.109. The Morgan fingerprint density at radius 2 is 2.00 bits per heavy atom. The maximum atomic E-state index is 11.3. The molecule has 0 aliphatic rings. The normalized spacial score (nSPS) is 10.7. The number of nitrogens with zero attached hydrogens (tertiary/aromatic N) is 1. The number of hydrogen-bond acceptors (Lipinski definition) is 5. The van der Waals surface area contributed by atoms with Crippen molar-refractivity contribution in [2.24, 2.45) is 0 Å². The second kappa shape index (κ2) is 7.87. The summed E-state index contributed by atoms with van der Waals surface area (Å²) >= 11 is 1.40. The molecule has 1 aromatic heterocycles. The minimum atomic E-state index is -1.00. The Balaban J connectivity index is 2.09. The highest BCUT2D eigenvalue weighted by Gasteiger charge is 2.18. The van der Waals surface area contributed by atoms with Gasteiger partial charge in [0.1, 0.15) is 0 Å². The van der Waals surface area contributed by atoms with Crippen molar-refractivity contribution in [3.05, 3.63) is 41.0 Å². The zero-order valence-electron chi connectivity index (χ0n) is 11.7. The summed E-state index contributed by atoms with van der Waals surface area (Å²) in [5.41, 5.74) is 0.983. The van der Waals surface area contributed by atoms with E-state index in [-0.39, 0.29) is 5.69 Å². The Bertz CT molecular complexity index is 583. The van der Waals surface area contributed by atoms with E-state index in [0.717, 1.165) is 10.6 Å². The number of rotatable bonds is 8. The predicted octanol–water partition coefficient (Wildman–Crippen LogP) is 2.71. The van der Waals surface area contributed by atoms with Crippen LogP contribution < -0.4 is 0 Å². The molecular formula is C15H17NO4S. The molecule has 0 bridgehead atoms. The Morgan fingerprint density at radius 3 is 2.67 bits per heavy atom. The lowest BCUT2D eigenvalue weighted by Gasteiger charge is -2.00. The summed E-state index contributed by atoms with van der Waals surface area (Å²) in [5, 5.41) is 10.0. The van der Waals surface area contributed by atoms with Gasteiger partial charge in [0.25, 0.3) is 0 Å². The van der Waals surface area contributed by atoms with Gasteiger partial charge < -0.3 is 14.6 Å². The first-order valence-corrected chi connectivity index (χ1v) is 7.39. The van der Waals surface area contributed by atoms with Crippen molar-refractivity contribution in [1.82, 2.24) is 4.98 Å². The molecule has 0 unspecified atom stereocenters. The first kappa shape index (κ1) is 15.6. The molecule has 0 atom stereocenters. The number of carbonyl (C=O) groups is 1. The van der Waals surface area contributed by atoms with Crippen LogP contribution >= 0.6 is 11.3 Å². The van der Waals surface area contributed by atoms with Crippen LogP contribution in [0.2, 0.25) is 0 Å². The third-order valence-electron chi connectivity index (χ3n) is 2.80. The molecule has 0 amide bonds. The zero-order valence-corrected chi connectivity index (χ0v) is 12.6. The highest BCUT2D eigenvalue weighted by atomic mass is 32.1. The van der Waals surface area contributed by atoms with E-state index in [9.17, 15) is 9.90 Å². The van der Waals surface area contributed by atoms with E-state index in [1.807, 2.05) is 30.3 Å². The summed E-state index contributed by atoms with van der Waals surface area (Å²) in [4.78, 5) is 16.2. The van der Waals surface area contributed by atoms with Gasteiger partial charge in [0, 0.05) is 13.5 Å². The number of carboxylic acids is 1. The molecule has 1 heterocycles. The quantitative estimate of drug-likeness (QED) is 0.759. The highest BCUT2D eigenvalue weighted by molar-refractivity contribution is 7.15. The standard InChI is InChI=1S/C15H17NO4S/c1-19-9-10-20-8-7-12-16-13(15(17)18)14(21-12)11-5-3-2-4-6-11/h2-6H,7-10H2,1H3,(H,17,18). The second-order valence-corrected chi connectivity index (χ2v) is 5.40. The van der Waals surface area contributed by atoms with Crippen molar-refractivity contribution in [2.75, 3.05) is 26.9 Å². The van der Waals surface area contributed by atoms with Crippen molar-refractivity contribution >= 4 is 17.3 Å². The van der Waals surface area contributed by atoms with Gasteiger partial charge in [-0.3, -0.25) is 0 Å². The van der Waals surface area contributed by atoms with Crippen LogP contribution in [0.4, 0.5) is 0 Å². The number of carboxylic acid groups (broad SMARTS) is 1. The average molecular weight is 307 g/mol. The van der Waals surface area contributed by atoms with Gasteiger partial charge in [-0.2, -0.15) is 0 Å². The fourth-order valence-electron chi connectivity index (χ4n) is 1.81. The van der Waals surface area contributed by atoms with Gasteiger partial charge in [0.2, 0.25) is 0 Å². The van der Waals surface area contributed by atoms with Crippen LogP contribution in [0.1, 0.15) is 15.5 Å². The van der Waals surface area contributed by atoms with Gasteiger partial charge in [-0.15, -0.1) is 11.3 Å². The summed E-state index contributed by atoms with van der Waals surface area (Å²) in [7, 11) is 1.62. The van der Waals surface area contributed by atoms with E-state index in [4.69, 9.17) is 9.47 Å². The van der Waals surface area contributed by atoms with Crippen molar-refractivity contribution in [3.63, 3.8) is 0 Å². The van der Waals surface area contributed by atoms with E-state index in [2.05, 4.69) is 4.98 Å². The molecule has 2 rings (SSSR count). The molecule has 1 N–H and O–H groups in total. The lowest BCUT2D eigenvalue weighted by molar-refractivity contribution is 0.0689. The average Bonchev–Trinajstić information content (AvgIpc) is 2.92. The molecule has 0 fully saturated rings. The van der Waals surface area contributed by atoms with Gasteiger partial charge in [-0.05, 0) is 5.56 Å². The lowest BCUT2D eigenvalue weighted by Crippen LogP contribution is -2.05. The SMILES string of the molecule is COCCOCCc1nc(C(=O)O)c(-c2ccccc2)s1. The Kier molecular flexibility index (Phi) is 5.86. The monoisotopic (exact) mass is 307 g/mol. The van der Waals surface area contributed by atoms with Gasteiger partial charge in [-0.25, -0.2) is 9.78 Å². The fourth-order valence-corrected chi connectivity index (χ4v) is 2.85. The molecule has 0 saturated carbocycles. The molecule has 2 aromatic rings. The second-order valence-electron chi connectivity index (χ2n) is 4.31. The van der Waals surface area contributed by atoms with Gasteiger partial charge in [0.15, 0.2) is 5.69 Å². The van der Waals surface area contributed by atoms with E-state index in [0.29, 0.717) is 31.1 Å². The molecule has 1 aromatic carbocycles. The molecule has 112 valence electrons. The van der Waals surface area contributed by atoms with Crippen LogP contribution in [0.25, 0.3) is 10.4 Å². The number of aromatic carboxylic acids is 1. The maximum absolute atomic E-state index is 11.3. The summed E-state index contributed by atoms with van der Waals surface area (Å²) in [6.45, 7) is 1.58. The summed E-state index contributed by atoms with van der Waals surface area (Å²) in [6, 6.07) is 9.44. The zero-order chi connectivity index (χ0) is 15.1. The highest BCUT2D eigenvalue weighted by Crippen LogP contribution is 2.30. The summed E-state index contributed by atoms with van der Waals surface area (Å²) < 4.78 is 10.3. The third kappa shape index (κ3) is 4.35. The van der Waals surface area contributed by atoms with Crippen molar-refractivity contribution in [3.8, 4) is 10.4 Å². The molecular weight excluding hydrogens is 290 g/mol. The lowest BCUT2D eigenvalue weighted by atomic mass is 10.1. The van der Waals surface area contributed by atoms with E-state index >= 15 is 0 Å². The molecule has 0 radical (unpaired) electrons. The van der Waals surface area contributed by atoms with E-state index in [1.54, 1.807) is 7.11 Å². The Labute approximate surface area is 127 Å².